The Labute approximate surface area is 244 Å². The number of hydrogen-bond donors (Lipinski definition) is 4. The van der Waals surface area contributed by atoms with Crippen molar-refractivity contribution < 1.29 is 47.2 Å². The first-order valence-corrected chi connectivity index (χ1v) is 17.1. The van der Waals surface area contributed by atoms with E-state index in [-0.39, 0.29) is 13.2 Å². The minimum absolute atomic E-state index is 0.241. The largest absolute Gasteiger partial charge is 0.501 e. The molecule has 242 valence electrons. The maximum atomic E-state index is 10.1. The van der Waals surface area contributed by atoms with Crippen LogP contribution < -0.4 is 10.6 Å². The maximum Gasteiger partial charge on any atom is 0.501 e. The van der Waals surface area contributed by atoms with Crippen LogP contribution >= 0.6 is 0 Å². The second kappa shape index (κ2) is 26.4. The summed E-state index contributed by atoms with van der Waals surface area (Å²) in [6.07, 6.45) is 0.781. The Morgan fingerprint density at radius 1 is 0.625 bits per heavy atom. The molecule has 0 aromatic carbocycles. The van der Waals surface area contributed by atoms with Crippen LogP contribution in [-0.4, -0.2) is 129 Å². The molecular formula is C27H60N2O10Si. The van der Waals surface area contributed by atoms with Crippen LogP contribution in [0.1, 0.15) is 60.8 Å². The summed E-state index contributed by atoms with van der Waals surface area (Å²) in [6.45, 7) is 18.3. The number of hydrogen-bond acceptors (Lipinski definition) is 12. The van der Waals surface area contributed by atoms with Crippen molar-refractivity contribution in [3.63, 3.8) is 0 Å². The van der Waals surface area contributed by atoms with Gasteiger partial charge in [-0.2, -0.15) is 0 Å². The topological polar surface area (TPSA) is 138 Å². The van der Waals surface area contributed by atoms with Gasteiger partial charge in [0.15, 0.2) is 0 Å². The van der Waals surface area contributed by atoms with Gasteiger partial charge >= 0.3 is 8.80 Å². The molecule has 0 spiro atoms. The highest BCUT2D eigenvalue weighted by atomic mass is 28.4. The molecule has 0 rings (SSSR count). The van der Waals surface area contributed by atoms with E-state index in [1.807, 2.05) is 41.5 Å². The lowest BCUT2D eigenvalue weighted by Crippen LogP contribution is -2.46. The minimum atomic E-state index is -2.64. The monoisotopic (exact) mass is 600 g/mol. The predicted octanol–water partition coefficient (Wildman–Crippen LogP) is 1.90. The zero-order valence-electron chi connectivity index (χ0n) is 26.0. The third-order valence-corrected chi connectivity index (χ3v) is 8.74. The molecule has 0 radical (unpaired) electrons. The maximum absolute atomic E-state index is 10.1. The van der Waals surface area contributed by atoms with Crippen molar-refractivity contribution in [3.05, 3.63) is 0 Å². The van der Waals surface area contributed by atoms with Crippen LogP contribution in [0.25, 0.3) is 0 Å². The van der Waals surface area contributed by atoms with Crippen LogP contribution in [0, 0.1) is 0 Å². The summed E-state index contributed by atoms with van der Waals surface area (Å²) in [7, 11) is -2.64. The fraction of sp³-hybridized carbons (Fsp3) is 1.00. The highest BCUT2D eigenvalue weighted by molar-refractivity contribution is 6.60. The highest BCUT2D eigenvalue weighted by Crippen LogP contribution is 2.22. The van der Waals surface area contributed by atoms with Gasteiger partial charge in [-0.15, -0.1) is 0 Å². The van der Waals surface area contributed by atoms with Crippen LogP contribution in [0.3, 0.4) is 0 Å². The smallest absolute Gasteiger partial charge is 0.389 e. The van der Waals surface area contributed by atoms with Gasteiger partial charge in [-0.25, -0.2) is 0 Å². The lowest BCUT2D eigenvalue weighted by atomic mass is 10.2. The van der Waals surface area contributed by atoms with Gasteiger partial charge < -0.3 is 57.8 Å². The number of aliphatic hydroxyl groups is 2. The molecule has 2 atom stereocenters. The molecule has 40 heavy (non-hydrogen) atoms. The van der Waals surface area contributed by atoms with E-state index in [2.05, 4.69) is 10.6 Å². The first-order chi connectivity index (χ1) is 19.4. The van der Waals surface area contributed by atoms with Crippen LogP contribution in [0.5, 0.6) is 0 Å². The molecule has 2 unspecified atom stereocenters. The van der Waals surface area contributed by atoms with E-state index in [0.717, 1.165) is 6.42 Å². The summed E-state index contributed by atoms with van der Waals surface area (Å²) < 4.78 is 45.9. The van der Waals surface area contributed by atoms with Gasteiger partial charge in [-0.1, -0.05) is 0 Å². The van der Waals surface area contributed by atoms with Gasteiger partial charge in [-0.3, -0.25) is 0 Å². The van der Waals surface area contributed by atoms with E-state index in [0.29, 0.717) is 97.9 Å². The molecule has 0 aliphatic carbocycles. The number of rotatable bonds is 31. The summed E-state index contributed by atoms with van der Waals surface area (Å²) in [5, 5.41) is 26.6. The molecule has 0 fully saturated rings. The lowest BCUT2D eigenvalue weighted by molar-refractivity contribution is -0.380. The predicted molar refractivity (Wildman–Crippen MR) is 156 cm³/mol. The van der Waals surface area contributed by atoms with Gasteiger partial charge in [0, 0.05) is 91.5 Å². The van der Waals surface area contributed by atoms with E-state index in [1.54, 1.807) is 0 Å². The van der Waals surface area contributed by atoms with Crippen LogP contribution in [-0.2, 0) is 37.0 Å². The molecule has 4 N–H and O–H groups in total. The molecule has 0 amide bonds. The Morgan fingerprint density at radius 3 is 1.45 bits per heavy atom. The second-order valence-electron chi connectivity index (χ2n) is 9.04. The lowest BCUT2D eigenvalue weighted by Gasteiger charge is -2.32. The SMILES string of the molecule is CCOC(CCCOCC(O)CNCCNCC(O)COCCC[Si](OCC)(OCC)OCC)(OCC)OCC. The van der Waals surface area contributed by atoms with E-state index in [9.17, 15) is 10.2 Å². The number of aliphatic hydroxyl groups excluding tert-OH is 2. The van der Waals surface area contributed by atoms with Crippen molar-refractivity contribution >= 4 is 8.80 Å². The van der Waals surface area contributed by atoms with Crippen molar-refractivity contribution in [3.8, 4) is 0 Å². The first-order valence-electron chi connectivity index (χ1n) is 15.1. The van der Waals surface area contributed by atoms with Gasteiger partial charge in [0.2, 0.25) is 0 Å². The molecule has 0 aliphatic rings. The Kier molecular flexibility index (Phi) is 26.2. The second-order valence-corrected chi connectivity index (χ2v) is 11.8. The standard InChI is InChI=1S/C27H60N2O10Si/c1-7-34-27(35-8-2,36-9-3)15-13-18-32-23-25(30)21-28-16-17-29-22-26(31)24-33-19-14-20-40(37-10-4,38-11-5)39-12-6/h25-26,28-31H,7-24H2,1-6H3. The van der Waals surface area contributed by atoms with Gasteiger partial charge in [0.1, 0.15) is 0 Å². The van der Waals surface area contributed by atoms with E-state index in [4.69, 9.17) is 37.0 Å². The third-order valence-electron chi connectivity index (χ3n) is 5.59. The van der Waals surface area contributed by atoms with E-state index >= 15 is 0 Å². The van der Waals surface area contributed by atoms with E-state index in [1.165, 1.54) is 0 Å². The van der Waals surface area contributed by atoms with Gasteiger partial charge in [-0.05, 0) is 54.4 Å². The molecule has 12 nitrogen and oxygen atoms in total. The van der Waals surface area contributed by atoms with Crippen LogP contribution in [0.4, 0.5) is 0 Å². The summed E-state index contributed by atoms with van der Waals surface area (Å²) >= 11 is 0. The zero-order chi connectivity index (χ0) is 30.0. The fourth-order valence-electron chi connectivity index (χ4n) is 4.05. The molecule has 0 saturated heterocycles. The molecule has 0 aromatic heterocycles. The molecule has 0 bridgehead atoms. The van der Waals surface area contributed by atoms with Crippen molar-refractivity contribution in [2.24, 2.45) is 0 Å². The number of ether oxygens (including phenoxy) is 5. The summed E-state index contributed by atoms with van der Waals surface area (Å²) in [6, 6.07) is 0.690. The quantitative estimate of drug-likeness (QED) is 0.0525. The van der Waals surface area contributed by atoms with Crippen LogP contribution in [0.15, 0.2) is 0 Å². The molecule has 0 saturated carbocycles. The average Bonchev–Trinajstić information content (AvgIpc) is 2.91. The fourth-order valence-corrected chi connectivity index (χ4v) is 6.63. The van der Waals surface area contributed by atoms with Gasteiger partial charge in [0.05, 0.1) is 25.4 Å². The minimum Gasteiger partial charge on any atom is -0.389 e. The van der Waals surface area contributed by atoms with E-state index < -0.39 is 27.0 Å². The molecule has 0 heterocycles. The molecule has 0 aliphatic heterocycles. The Bertz CT molecular complexity index is 473. The summed E-state index contributed by atoms with van der Waals surface area (Å²) in [5.74, 6) is -1.03. The summed E-state index contributed by atoms with van der Waals surface area (Å²) in [5.41, 5.74) is 0. The third kappa shape index (κ3) is 19.8. The highest BCUT2D eigenvalue weighted by Gasteiger charge is 2.39. The Balaban J connectivity index is 3.86. The molecular weight excluding hydrogens is 540 g/mol. The van der Waals surface area contributed by atoms with Crippen molar-refractivity contribution in [2.75, 3.05) is 92.2 Å². The zero-order valence-corrected chi connectivity index (χ0v) is 27.0. The van der Waals surface area contributed by atoms with Crippen molar-refractivity contribution in [1.29, 1.82) is 0 Å². The average molecular weight is 601 g/mol. The Morgan fingerprint density at radius 2 is 1.05 bits per heavy atom. The normalized spacial score (nSPS) is 14.1. The summed E-state index contributed by atoms with van der Waals surface area (Å²) in [4.78, 5) is 0. The van der Waals surface area contributed by atoms with Gasteiger partial charge in [0.25, 0.3) is 5.97 Å². The number of nitrogens with one attached hydrogen (secondary N) is 2. The molecule has 0 aromatic rings. The van der Waals surface area contributed by atoms with Crippen molar-refractivity contribution in [2.45, 2.75) is 85.0 Å². The van der Waals surface area contributed by atoms with Crippen LogP contribution in [0.2, 0.25) is 6.04 Å². The molecule has 13 heteroatoms. The van der Waals surface area contributed by atoms with Crippen molar-refractivity contribution in [1.82, 2.24) is 10.6 Å². The first kappa shape index (κ1) is 39.7. The Hall–Kier alpha value is -0.263.